The van der Waals surface area contributed by atoms with Crippen molar-refractivity contribution in [3.05, 3.63) is 112 Å². The van der Waals surface area contributed by atoms with Crippen molar-refractivity contribution < 1.29 is 44.2 Å². The first-order valence-electron chi connectivity index (χ1n) is 13.1. The summed E-state index contributed by atoms with van der Waals surface area (Å²) >= 11 is 0. The molecule has 0 atom stereocenters. The lowest BCUT2D eigenvalue weighted by Crippen LogP contribution is -2.13. The molecule has 0 unspecified atom stereocenters. The minimum absolute atomic E-state index is 0.104. The number of esters is 1. The number of carbonyl (C=O) groups excluding carboxylic acids is 2. The Morgan fingerprint density at radius 1 is 0.595 bits per heavy atom. The molecule has 0 aliphatic heterocycles. The molecule has 0 aliphatic rings. The van der Waals surface area contributed by atoms with Crippen LogP contribution in [0.3, 0.4) is 0 Å². The number of aliphatic hydroxyl groups excluding tert-OH is 4. The molecule has 0 fully saturated rings. The zero-order valence-electron chi connectivity index (χ0n) is 23.3. The molecule has 0 heterocycles. The van der Waals surface area contributed by atoms with E-state index in [1.807, 2.05) is 24.3 Å². The van der Waals surface area contributed by atoms with E-state index in [-0.39, 0.29) is 43.2 Å². The fraction of sp³-hybridized carbons (Fsp3) is 0.212. The quantitative estimate of drug-likeness (QED) is 0.113. The van der Waals surface area contributed by atoms with Gasteiger partial charge in [-0.3, -0.25) is 4.79 Å². The number of ether oxygens (including phenoxy) is 3. The smallest absolute Gasteiger partial charge is 0.343 e. The molecule has 0 spiro atoms. The predicted octanol–water partition coefficient (Wildman–Crippen LogP) is 3.98. The number of benzene rings is 4. The molecule has 0 saturated heterocycles. The van der Waals surface area contributed by atoms with E-state index < -0.39 is 12.6 Å². The predicted molar refractivity (Wildman–Crippen MR) is 155 cm³/mol. The first-order chi connectivity index (χ1) is 20.3. The van der Waals surface area contributed by atoms with Crippen molar-refractivity contribution in [2.24, 2.45) is 0 Å². The minimum atomic E-state index is -0.696. The van der Waals surface area contributed by atoms with Crippen LogP contribution < -0.4 is 14.2 Å². The first kappa shape index (κ1) is 30.4. The van der Waals surface area contributed by atoms with Gasteiger partial charge in [0.15, 0.2) is 17.3 Å². The highest BCUT2D eigenvalue weighted by atomic mass is 16.5. The summed E-state index contributed by atoms with van der Waals surface area (Å²) in [5, 5.41) is 38.5. The maximum atomic E-state index is 13.1. The Hall–Kier alpha value is -4.54. The van der Waals surface area contributed by atoms with Crippen molar-refractivity contribution in [2.75, 3.05) is 14.2 Å². The monoisotopic (exact) mass is 572 g/mol. The molecular formula is C33H32O9. The Kier molecular flexibility index (Phi) is 10.1. The standard InChI is InChI=1S/C33H32O9/c1-40-31-14-26(19-37)28(15-32(31)41-2)30(38)11-20-3-5-21(6-4-20)22-7-9-27(10-8-22)42-33(39)29-13-24(17-35)23(16-34)12-25(29)18-36/h3-10,12-15,34-37H,11,16-19H2,1-2H3. The molecule has 4 aromatic rings. The van der Waals surface area contributed by atoms with Gasteiger partial charge in [-0.25, -0.2) is 4.79 Å². The van der Waals surface area contributed by atoms with Crippen molar-refractivity contribution in [1.82, 2.24) is 0 Å². The van der Waals surface area contributed by atoms with Crippen LogP contribution in [0.5, 0.6) is 17.2 Å². The topological polar surface area (TPSA) is 143 Å². The van der Waals surface area contributed by atoms with E-state index in [0.29, 0.717) is 39.5 Å². The number of aliphatic hydroxyl groups is 4. The molecule has 4 N–H and O–H groups in total. The molecule has 9 nitrogen and oxygen atoms in total. The summed E-state index contributed by atoms with van der Waals surface area (Å²) in [6.45, 7) is -1.45. The molecular weight excluding hydrogens is 540 g/mol. The van der Waals surface area contributed by atoms with E-state index in [9.17, 15) is 30.0 Å². The van der Waals surface area contributed by atoms with Crippen LogP contribution in [0, 0.1) is 0 Å². The second-order valence-corrected chi connectivity index (χ2v) is 9.49. The normalized spacial score (nSPS) is 10.8. The van der Waals surface area contributed by atoms with Gasteiger partial charge in [-0.2, -0.15) is 0 Å². The zero-order valence-corrected chi connectivity index (χ0v) is 23.3. The highest BCUT2D eigenvalue weighted by Crippen LogP contribution is 2.32. The van der Waals surface area contributed by atoms with Crippen LogP contribution >= 0.6 is 0 Å². The van der Waals surface area contributed by atoms with Gasteiger partial charge in [0.2, 0.25) is 0 Å². The molecule has 218 valence electrons. The van der Waals surface area contributed by atoms with Crippen LogP contribution in [0.25, 0.3) is 11.1 Å². The number of Topliss-reactive ketones (excluding diaryl/α,β-unsaturated/α-hetero) is 1. The third-order valence-corrected chi connectivity index (χ3v) is 6.95. The molecule has 4 aromatic carbocycles. The summed E-state index contributed by atoms with van der Waals surface area (Å²) in [5.74, 6) is 0.275. The molecule has 4 rings (SSSR count). The summed E-state index contributed by atoms with van der Waals surface area (Å²) < 4.78 is 16.1. The summed E-state index contributed by atoms with van der Waals surface area (Å²) in [6.07, 6.45) is 0.130. The van der Waals surface area contributed by atoms with Gasteiger partial charge in [-0.1, -0.05) is 36.4 Å². The van der Waals surface area contributed by atoms with Gasteiger partial charge in [-0.15, -0.1) is 0 Å². The van der Waals surface area contributed by atoms with Crippen LogP contribution in [-0.4, -0.2) is 46.4 Å². The maximum Gasteiger partial charge on any atom is 0.343 e. The van der Waals surface area contributed by atoms with E-state index in [1.165, 1.54) is 26.4 Å². The summed E-state index contributed by atoms with van der Waals surface area (Å²) in [5.41, 5.74) is 4.56. The Morgan fingerprint density at radius 3 is 1.64 bits per heavy atom. The Balaban J connectivity index is 1.46. The van der Waals surface area contributed by atoms with E-state index in [4.69, 9.17) is 14.2 Å². The van der Waals surface area contributed by atoms with Gasteiger partial charge in [0, 0.05) is 12.0 Å². The summed E-state index contributed by atoms with van der Waals surface area (Å²) in [7, 11) is 2.97. The first-order valence-corrected chi connectivity index (χ1v) is 13.1. The molecule has 0 aliphatic carbocycles. The van der Waals surface area contributed by atoms with Crippen molar-refractivity contribution >= 4 is 11.8 Å². The van der Waals surface area contributed by atoms with Gasteiger partial charge in [0.1, 0.15) is 5.75 Å². The van der Waals surface area contributed by atoms with Crippen LogP contribution in [0.2, 0.25) is 0 Å². The van der Waals surface area contributed by atoms with Crippen molar-refractivity contribution in [1.29, 1.82) is 0 Å². The summed E-state index contributed by atoms with van der Waals surface area (Å²) in [6, 6.07) is 20.4. The lowest BCUT2D eigenvalue weighted by Gasteiger charge is -2.13. The van der Waals surface area contributed by atoms with E-state index in [0.717, 1.165) is 16.7 Å². The summed E-state index contributed by atoms with van der Waals surface area (Å²) in [4.78, 5) is 25.9. The molecule has 42 heavy (non-hydrogen) atoms. The average molecular weight is 573 g/mol. The van der Waals surface area contributed by atoms with Crippen LogP contribution in [0.1, 0.15) is 48.5 Å². The third-order valence-electron chi connectivity index (χ3n) is 6.95. The fourth-order valence-electron chi connectivity index (χ4n) is 4.64. The highest BCUT2D eigenvalue weighted by molar-refractivity contribution is 5.99. The van der Waals surface area contributed by atoms with Crippen LogP contribution in [0.15, 0.2) is 72.8 Å². The molecule has 0 amide bonds. The molecule has 0 bridgehead atoms. The molecule has 0 aromatic heterocycles. The van der Waals surface area contributed by atoms with Gasteiger partial charge >= 0.3 is 5.97 Å². The molecule has 0 radical (unpaired) electrons. The second-order valence-electron chi connectivity index (χ2n) is 9.49. The van der Waals surface area contributed by atoms with Gasteiger partial charge in [-0.05, 0) is 75.3 Å². The number of hydrogen-bond acceptors (Lipinski definition) is 9. The van der Waals surface area contributed by atoms with Crippen molar-refractivity contribution in [3.8, 4) is 28.4 Å². The van der Waals surface area contributed by atoms with Gasteiger partial charge in [0.05, 0.1) is 46.2 Å². The Morgan fingerprint density at radius 2 is 1.10 bits per heavy atom. The number of methoxy groups -OCH3 is 2. The number of hydrogen-bond donors (Lipinski definition) is 4. The van der Waals surface area contributed by atoms with Crippen LogP contribution in [-0.2, 0) is 32.8 Å². The lowest BCUT2D eigenvalue weighted by molar-refractivity contribution is 0.0730. The SMILES string of the molecule is COc1cc(CO)c(C(=O)Cc2ccc(-c3ccc(OC(=O)c4cc(CO)c(CO)cc4CO)cc3)cc2)cc1OC. The maximum absolute atomic E-state index is 13.1. The Labute approximate surface area is 243 Å². The average Bonchev–Trinajstić information content (AvgIpc) is 3.03. The van der Waals surface area contributed by atoms with Crippen molar-refractivity contribution in [2.45, 2.75) is 32.8 Å². The van der Waals surface area contributed by atoms with E-state index in [2.05, 4.69) is 0 Å². The lowest BCUT2D eigenvalue weighted by atomic mass is 9.96. The number of rotatable bonds is 12. The number of carbonyl (C=O) groups is 2. The minimum Gasteiger partial charge on any atom is -0.493 e. The number of ketones is 1. The highest BCUT2D eigenvalue weighted by Gasteiger charge is 2.18. The van der Waals surface area contributed by atoms with Gasteiger partial charge in [0.25, 0.3) is 0 Å². The Bertz CT molecular complexity index is 1440. The zero-order chi connectivity index (χ0) is 30.2. The molecule has 0 saturated carbocycles. The van der Waals surface area contributed by atoms with Crippen LogP contribution in [0.4, 0.5) is 0 Å². The molecule has 9 heteroatoms. The second kappa shape index (κ2) is 13.9. The third kappa shape index (κ3) is 6.67. The van der Waals surface area contributed by atoms with E-state index >= 15 is 0 Å². The van der Waals surface area contributed by atoms with Crippen molar-refractivity contribution in [3.63, 3.8) is 0 Å². The van der Waals surface area contributed by atoms with Gasteiger partial charge < -0.3 is 34.6 Å². The largest absolute Gasteiger partial charge is 0.493 e. The van der Waals surface area contributed by atoms with E-state index in [1.54, 1.807) is 36.4 Å². The fourth-order valence-corrected chi connectivity index (χ4v) is 4.64.